The number of unbranched alkanes of at least 4 members (excludes halogenated alkanes) is 1. The van der Waals surface area contributed by atoms with Gasteiger partial charge in [0, 0.05) is 22.9 Å². The van der Waals surface area contributed by atoms with Crippen molar-refractivity contribution in [3.05, 3.63) is 53.1 Å². The Hall–Kier alpha value is -2.25. The van der Waals surface area contributed by atoms with Crippen LogP contribution in [0.15, 0.2) is 47.4 Å². The second kappa shape index (κ2) is 8.91. The molecular formula is C18H22ClN3O3S. The molecule has 0 spiro atoms. The Morgan fingerprint density at radius 3 is 2.38 bits per heavy atom. The zero-order valence-corrected chi connectivity index (χ0v) is 16.2. The van der Waals surface area contributed by atoms with Crippen LogP contribution in [0.1, 0.15) is 25.3 Å². The summed E-state index contributed by atoms with van der Waals surface area (Å²) in [7, 11) is -3.80. The lowest BCUT2D eigenvalue weighted by atomic mass is 10.2. The third-order valence-corrected chi connectivity index (χ3v) is 5.42. The number of sulfonamides is 1. The Balaban J connectivity index is 2.17. The molecule has 0 aliphatic carbocycles. The largest absolute Gasteiger partial charge is 0.338 e. The smallest absolute Gasteiger partial charge is 0.319 e. The molecule has 2 aromatic carbocycles. The Morgan fingerprint density at radius 1 is 1.08 bits per heavy atom. The molecule has 0 bridgehead atoms. The normalized spacial score (nSPS) is 11.0. The van der Waals surface area contributed by atoms with E-state index in [2.05, 4.69) is 15.4 Å². The molecule has 3 N–H and O–H groups in total. The SMILES string of the molecule is CCCCNC(=O)Nc1ccc(C)c(S(=O)(=O)Nc2ccc(Cl)cc2)c1. The molecule has 140 valence electrons. The van der Waals surface area contributed by atoms with Crippen LogP contribution in [-0.4, -0.2) is 21.0 Å². The van der Waals surface area contributed by atoms with E-state index in [0.717, 1.165) is 12.8 Å². The van der Waals surface area contributed by atoms with Crippen LogP contribution in [0.4, 0.5) is 16.2 Å². The molecule has 0 fully saturated rings. The topological polar surface area (TPSA) is 87.3 Å². The highest BCUT2D eigenvalue weighted by Gasteiger charge is 2.18. The number of carbonyl (C=O) groups excluding carboxylic acids is 1. The Bertz CT molecular complexity index is 868. The van der Waals surface area contributed by atoms with Crippen molar-refractivity contribution in [2.75, 3.05) is 16.6 Å². The summed E-state index contributed by atoms with van der Waals surface area (Å²) < 4.78 is 27.9. The van der Waals surface area contributed by atoms with Gasteiger partial charge in [-0.25, -0.2) is 13.2 Å². The predicted octanol–water partition coefficient (Wildman–Crippen LogP) is 4.37. The maximum atomic E-state index is 12.7. The van der Waals surface area contributed by atoms with Crippen molar-refractivity contribution < 1.29 is 13.2 Å². The van der Waals surface area contributed by atoms with E-state index in [1.54, 1.807) is 43.3 Å². The number of amides is 2. The van der Waals surface area contributed by atoms with E-state index in [1.165, 1.54) is 6.07 Å². The molecule has 0 unspecified atom stereocenters. The number of benzene rings is 2. The molecule has 26 heavy (non-hydrogen) atoms. The van der Waals surface area contributed by atoms with Gasteiger partial charge >= 0.3 is 6.03 Å². The van der Waals surface area contributed by atoms with Gasteiger partial charge in [-0.3, -0.25) is 4.72 Å². The van der Waals surface area contributed by atoms with E-state index in [9.17, 15) is 13.2 Å². The van der Waals surface area contributed by atoms with Crippen molar-refractivity contribution in [2.24, 2.45) is 0 Å². The van der Waals surface area contributed by atoms with Gasteiger partial charge in [-0.2, -0.15) is 0 Å². The molecule has 0 radical (unpaired) electrons. The molecule has 2 aromatic rings. The summed E-state index contributed by atoms with van der Waals surface area (Å²) >= 11 is 5.82. The van der Waals surface area contributed by atoms with Crippen molar-refractivity contribution in [3.63, 3.8) is 0 Å². The number of urea groups is 1. The highest BCUT2D eigenvalue weighted by atomic mass is 35.5. The van der Waals surface area contributed by atoms with Crippen LogP contribution in [0.25, 0.3) is 0 Å². The molecular weight excluding hydrogens is 374 g/mol. The molecule has 2 amide bonds. The van der Waals surface area contributed by atoms with Gasteiger partial charge in [0.25, 0.3) is 10.0 Å². The van der Waals surface area contributed by atoms with Crippen LogP contribution in [-0.2, 0) is 10.0 Å². The van der Waals surface area contributed by atoms with Gasteiger partial charge < -0.3 is 10.6 Å². The van der Waals surface area contributed by atoms with Crippen molar-refractivity contribution in [3.8, 4) is 0 Å². The minimum absolute atomic E-state index is 0.0961. The minimum atomic E-state index is -3.80. The van der Waals surface area contributed by atoms with Crippen LogP contribution in [0.5, 0.6) is 0 Å². The lowest BCUT2D eigenvalue weighted by Gasteiger charge is -2.13. The van der Waals surface area contributed by atoms with E-state index in [1.807, 2.05) is 6.92 Å². The molecule has 8 heteroatoms. The Labute approximate surface area is 159 Å². The van der Waals surface area contributed by atoms with Crippen molar-refractivity contribution in [1.29, 1.82) is 0 Å². The second-order valence-corrected chi connectivity index (χ2v) is 7.91. The first-order chi connectivity index (χ1) is 12.3. The van der Waals surface area contributed by atoms with Gasteiger partial charge in [0.2, 0.25) is 0 Å². The molecule has 0 saturated heterocycles. The predicted molar refractivity (Wildman–Crippen MR) is 105 cm³/mol. The molecule has 0 atom stereocenters. The monoisotopic (exact) mass is 395 g/mol. The number of carbonyl (C=O) groups is 1. The maximum absolute atomic E-state index is 12.7. The Kier molecular flexibility index (Phi) is 6.88. The number of nitrogens with one attached hydrogen (secondary N) is 3. The summed E-state index contributed by atoms with van der Waals surface area (Å²) in [5.41, 5.74) is 1.38. The fraction of sp³-hybridized carbons (Fsp3) is 0.278. The lowest BCUT2D eigenvalue weighted by Crippen LogP contribution is -2.29. The molecule has 6 nitrogen and oxygen atoms in total. The van der Waals surface area contributed by atoms with Crippen molar-refractivity contribution >= 4 is 39.0 Å². The van der Waals surface area contributed by atoms with E-state index < -0.39 is 10.0 Å². The van der Waals surface area contributed by atoms with E-state index in [-0.39, 0.29) is 10.9 Å². The first kappa shape index (κ1) is 20.1. The van der Waals surface area contributed by atoms with Crippen LogP contribution in [0, 0.1) is 6.92 Å². The van der Waals surface area contributed by atoms with Crippen LogP contribution < -0.4 is 15.4 Å². The minimum Gasteiger partial charge on any atom is -0.338 e. The molecule has 0 heterocycles. The van der Waals surface area contributed by atoms with Gasteiger partial charge in [-0.1, -0.05) is 31.0 Å². The molecule has 0 saturated carbocycles. The summed E-state index contributed by atoms with van der Waals surface area (Å²) in [5.74, 6) is 0. The standard InChI is InChI=1S/C18H22ClN3O3S/c1-3-4-11-20-18(23)21-16-8-5-13(2)17(12-16)26(24,25)22-15-9-6-14(19)7-10-15/h5-10,12,22H,3-4,11H2,1-2H3,(H2,20,21,23). The van der Waals surface area contributed by atoms with Crippen LogP contribution in [0.3, 0.4) is 0 Å². The number of hydrogen-bond acceptors (Lipinski definition) is 3. The lowest BCUT2D eigenvalue weighted by molar-refractivity contribution is 0.252. The third-order valence-electron chi connectivity index (χ3n) is 3.65. The van der Waals surface area contributed by atoms with E-state index in [0.29, 0.717) is 28.5 Å². The zero-order valence-electron chi connectivity index (χ0n) is 14.7. The summed E-state index contributed by atoms with van der Waals surface area (Å²) in [6, 6.07) is 10.8. The average Bonchev–Trinajstić information content (AvgIpc) is 2.58. The summed E-state index contributed by atoms with van der Waals surface area (Å²) in [5, 5.41) is 5.89. The first-order valence-electron chi connectivity index (χ1n) is 8.25. The van der Waals surface area contributed by atoms with Crippen molar-refractivity contribution in [1.82, 2.24) is 5.32 Å². The van der Waals surface area contributed by atoms with E-state index in [4.69, 9.17) is 11.6 Å². The molecule has 0 aliphatic heterocycles. The highest BCUT2D eigenvalue weighted by Crippen LogP contribution is 2.23. The Morgan fingerprint density at radius 2 is 1.73 bits per heavy atom. The number of halogens is 1. The molecule has 2 rings (SSSR count). The number of anilines is 2. The molecule has 0 aliphatic rings. The van der Waals surface area contributed by atoms with Gasteiger partial charge in [0.15, 0.2) is 0 Å². The van der Waals surface area contributed by atoms with Gasteiger partial charge in [0.05, 0.1) is 4.90 Å². The summed E-state index contributed by atoms with van der Waals surface area (Å²) in [6.45, 7) is 4.30. The average molecular weight is 396 g/mol. The quantitative estimate of drug-likeness (QED) is 0.608. The second-order valence-electron chi connectivity index (χ2n) is 5.83. The van der Waals surface area contributed by atoms with Crippen LogP contribution >= 0.6 is 11.6 Å². The van der Waals surface area contributed by atoms with Gasteiger partial charge in [-0.15, -0.1) is 0 Å². The summed E-state index contributed by atoms with van der Waals surface area (Å²) in [4.78, 5) is 12.0. The third kappa shape index (κ3) is 5.64. The number of hydrogen-bond donors (Lipinski definition) is 3. The van der Waals surface area contributed by atoms with Crippen molar-refractivity contribution in [2.45, 2.75) is 31.6 Å². The number of aryl methyl sites for hydroxylation is 1. The first-order valence-corrected chi connectivity index (χ1v) is 10.1. The van der Waals surface area contributed by atoms with E-state index >= 15 is 0 Å². The number of rotatable bonds is 7. The van der Waals surface area contributed by atoms with Gasteiger partial charge in [-0.05, 0) is 55.3 Å². The summed E-state index contributed by atoms with van der Waals surface area (Å²) in [6.07, 6.45) is 1.86. The van der Waals surface area contributed by atoms with Crippen LogP contribution in [0.2, 0.25) is 5.02 Å². The highest BCUT2D eigenvalue weighted by molar-refractivity contribution is 7.92. The van der Waals surface area contributed by atoms with Gasteiger partial charge in [0.1, 0.15) is 0 Å². The fourth-order valence-corrected chi connectivity index (χ4v) is 3.71. The zero-order chi connectivity index (χ0) is 19.2. The fourth-order valence-electron chi connectivity index (χ4n) is 2.25. The molecule has 0 aromatic heterocycles. The maximum Gasteiger partial charge on any atom is 0.319 e.